The first-order valence-corrected chi connectivity index (χ1v) is 11.9. The molecule has 0 saturated heterocycles. The maximum Gasteiger partial charge on any atom is 0.181 e. The average molecular weight is 458 g/mol. The number of aryl methyl sites for hydroxylation is 1. The maximum atomic E-state index is 12.7. The molecule has 1 aliphatic heterocycles. The first-order chi connectivity index (χ1) is 16.0. The number of hydrogen-bond acceptors (Lipinski definition) is 3. The molecular weight excluding hydrogens is 430 g/mol. The summed E-state index contributed by atoms with van der Waals surface area (Å²) in [5, 5.41) is 1.84. The summed E-state index contributed by atoms with van der Waals surface area (Å²) >= 11 is 6.28. The van der Waals surface area contributed by atoms with Gasteiger partial charge in [0.25, 0.3) is 0 Å². The maximum absolute atomic E-state index is 12.7. The molecule has 4 aromatic rings. The van der Waals surface area contributed by atoms with Crippen molar-refractivity contribution in [3.8, 4) is 0 Å². The minimum absolute atomic E-state index is 0.0789. The molecule has 0 amide bonds. The lowest BCUT2D eigenvalue weighted by Crippen LogP contribution is -2.32. The number of hydrogen-bond donors (Lipinski definition) is 0. The van der Waals surface area contributed by atoms with Crippen LogP contribution in [0.4, 0.5) is 5.82 Å². The van der Waals surface area contributed by atoms with E-state index in [1.807, 2.05) is 31.2 Å². The van der Waals surface area contributed by atoms with Crippen molar-refractivity contribution in [3.05, 3.63) is 93.3 Å². The SMILES string of the molecule is CCC(=O)c1cc2c(C)c(C)n(Cc3cccc(Cl)c3)c2c(N2CCc3ccccc3C2)n1. The van der Waals surface area contributed by atoms with Gasteiger partial charge in [0.1, 0.15) is 5.69 Å². The topological polar surface area (TPSA) is 38.1 Å². The van der Waals surface area contributed by atoms with Crippen LogP contribution < -0.4 is 4.90 Å². The number of ketones is 1. The quantitative estimate of drug-likeness (QED) is 0.320. The molecule has 33 heavy (non-hydrogen) atoms. The van der Waals surface area contributed by atoms with E-state index in [1.54, 1.807) is 0 Å². The molecule has 0 unspecified atom stereocenters. The number of anilines is 1. The highest BCUT2D eigenvalue weighted by molar-refractivity contribution is 6.30. The number of nitrogens with zero attached hydrogens (tertiary/aromatic N) is 3. The molecule has 5 heteroatoms. The standard InChI is InChI=1S/C28H28ClN3O/c1-4-26(33)25-15-24-18(2)19(3)32(16-20-8-7-11-23(29)14-20)27(24)28(30-25)31-13-12-21-9-5-6-10-22(21)17-31/h5-11,14-15H,4,12-13,16-17H2,1-3H3. The Bertz CT molecular complexity index is 1370. The predicted molar refractivity (Wildman–Crippen MR) is 136 cm³/mol. The summed E-state index contributed by atoms with van der Waals surface area (Å²) in [4.78, 5) is 20.0. The van der Waals surface area contributed by atoms with E-state index in [9.17, 15) is 4.79 Å². The van der Waals surface area contributed by atoms with Gasteiger partial charge in [-0.05, 0) is 60.7 Å². The van der Waals surface area contributed by atoms with Crippen LogP contribution >= 0.6 is 11.6 Å². The van der Waals surface area contributed by atoms with Crippen LogP contribution in [-0.2, 0) is 19.5 Å². The monoisotopic (exact) mass is 457 g/mol. The summed E-state index contributed by atoms with van der Waals surface area (Å²) in [6.45, 7) is 8.56. The van der Waals surface area contributed by atoms with Crippen molar-refractivity contribution in [1.82, 2.24) is 9.55 Å². The van der Waals surface area contributed by atoms with Crippen molar-refractivity contribution in [2.45, 2.75) is 46.7 Å². The third-order valence-electron chi connectivity index (χ3n) is 6.86. The Kier molecular flexibility index (Phi) is 5.71. The number of halogens is 1. The average Bonchev–Trinajstić information content (AvgIpc) is 3.07. The number of Topliss-reactive ketones (excluding diaryl/α,β-unsaturated/α-hetero) is 1. The Morgan fingerprint density at radius 1 is 1.06 bits per heavy atom. The van der Waals surface area contributed by atoms with Crippen molar-refractivity contribution in [1.29, 1.82) is 0 Å². The van der Waals surface area contributed by atoms with Gasteiger partial charge < -0.3 is 9.47 Å². The molecule has 0 aliphatic carbocycles. The highest BCUT2D eigenvalue weighted by atomic mass is 35.5. The number of fused-ring (bicyclic) bond motifs is 2. The largest absolute Gasteiger partial charge is 0.350 e. The first-order valence-electron chi connectivity index (χ1n) is 11.6. The third-order valence-corrected chi connectivity index (χ3v) is 7.10. The molecular formula is C28H28ClN3O. The van der Waals surface area contributed by atoms with Gasteiger partial charge >= 0.3 is 0 Å². The zero-order valence-corrected chi connectivity index (χ0v) is 20.1. The molecule has 0 fully saturated rings. The molecule has 3 heterocycles. The Labute approximate surface area is 199 Å². The molecule has 2 aromatic carbocycles. The van der Waals surface area contributed by atoms with Gasteiger partial charge in [-0.15, -0.1) is 0 Å². The Hall–Kier alpha value is -3.11. The van der Waals surface area contributed by atoms with Crippen LogP contribution in [0.25, 0.3) is 10.9 Å². The van der Waals surface area contributed by atoms with E-state index in [2.05, 4.69) is 53.6 Å². The van der Waals surface area contributed by atoms with Gasteiger partial charge in [0.05, 0.1) is 5.52 Å². The molecule has 168 valence electrons. The second kappa shape index (κ2) is 8.68. The normalized spacial score (nSPS) is 13.4. The summed E-state index contributed by atoms with van der Waals surface area (Å²) in [7, 11) is 0. The molecule has 0 atom stereocenters. The smallest absolute Gasteiger partial charge is 0.181 e. The lowest BCUT2D eigenvalue weighted by atomic mass is 9.99. The lowest BCUT2D eigenvalue weighted by Gasteiger charge is -2.31. The van der Waals surface area contributed by atoms with E-state index in [-0.39, 0.29) is 5.78 Å². The number of carbonyl (C=O) groups is 1. The van der Waals surface area contributed by atoms with Crippen molar-refractivity contribution >= 4 is 34.1 Å². The fourth-order valence-corrected chi connectivity index (χ4v) is 5.09. The number of aromatic nitrogens is 2. The Balaban J connectivity index is 1.70. The van der Waals surface area contributed by atoms with Crippen LogP contribution in [-0.4, -0.2) is 21.9 Å². The summed E-state index contributed by atoms with van der Waals surface area (Å²) in [6, 6.07) is 18.6. The van der Waals surface area contributed by atoms with Crippen LogP contribution in [0.1, 0.15) is 51.8 Å². The van der Waals surface area contributed by atoms with Gasteiger partial charge in [-0.3, -0.25) is 4.79 Å². The number of benzene rings is 2. The van der Waals surface area contributed by atoms with Crippen molar-refractivity contribution in [2.24, 2.45) is 0 Å². The van der Waals surface area contributed by atoms with E-state index < -0.39 is 0 Å². The van der Waals surface area contributed by atoms with Crippen LogP contribution in [0.2, 0.25) is 5.02 Å². The second-order valence-electron chi connectivity index (χ2n) is 8.87. The minimum Gasteiger partial charge on any atom is -0.350 e. The summed E-state index contributed by atoms with van der Waals surface area (Å²) in [5.41, 5.74) is 7.90. The predicted octanol–water partition coefficient (Wildman–Crippen LogP) is 6.51. The second-order valence-corrected chi connectivity index (χ2v) is 9.31. The fraction of sp³-hybridized carbons (Fsp3) is 0.286. The summed E-state index contributed by atoms with van der Waals surface area (Å²) in [6.07, 6.45) is 1.42. The highest BCUT2D eigenvalue weighted by Gasteiger charge is 2.25. The highest BCUT2D eigenvalue weighted by Crippen LogP contribution is 2.35. The molecule has 2 aromatic heterocycles. The molecule has 0 radical (unpaired) electrons. The first kappa shape index (κ1) is 21.7. The Morgan fingerprint density at radius 2 is 1.85 bits per heavy atom. The zero-order valence-electron chi connectivity index (χ0n) is 19.4. The van der Waals surface area contributed by atoms with Crippen molar-refractivity contribution in [2.75, 3.05) is 11.4 Å². The molecule has 5 rings (SSSR count). The van der Waals surface area contributed by atoms with Gasteiger partial charge in [0, 0.05) is 42.2 Å². The molecule has 1 aliphatic rings. The fourth-order valence-electron chi connectivity index (χ4n) is 4.88. The van der Waals surface area contributed by atoms with E-state index in [0.717, 1.165) is 46.8 Å². The van der Waals surface area contributed by atoms with Gasteiger partial charge in [-0.25, -0.2) is 4.98 Å². The molecule has 4 nitrogen and oxygen atoms in total. The van der Waals surface area contributed by atoms with Gasteiger partial charge in [-0.1, -0.05) is 54.9 Å². The van der Waals surface area contributed by atoms with E-state index in [0.29, 0.717) is 18.7 Å². The molecule has 0 spiro atoms. The summed E-state index contributed by atoms with van der Waals surface area (Å²) in [5.74, 6) is 0.979. The Morgan fingerprint density at radius 3 is 2.61 bits per heavy atom. The van der Waals surface area contributed by atoms with E-state index in [4.69, 9.17) is 16.6 Å². The third kappa shape index (κ3) is 3.93. The van der Waals surface area contributed by atoms with Gasteiger partial charge in [0.15, 0.2) is 11.6 Å². The molecule has 0 bridgehead atoms. The minimum atomic E-state index is 0.0789. The molecule has 0 saturated carbocycles. The lowest BCUT2D eigenvalue weighted by molar-refractivity contribution is 0.0983. The number of carbonyl (C=O) groups excluding carboxylic acids is 1. The summed E-state index contributed by atoms with van der Waals surface area (Å²) < 4.78 is 2.33. The zero-order chi connectivity index (χ0) is 23.1. The van der Waals surface area contributed by atoms with Crippen molar-refractivity contribution in [3.63, 3.8) is 0 Å². The molecule has 0 N–H and O–H groups in total. The number of pyridine rings is 1. The van der Waals surface area contributed by atoms with Gasteiger partial charge in [-0.2, -0.15) is 0 Å². The van der Waals surface area contributed by atoms with Gasteiger partial charge in [0.2, 0.25) is 0 Å². The van der Waals surface area contributed by atoms with Crippen LogP contribution in [0.3, 0.4) is 0 Å². The van der Waals surface area contributed by atoms with Crippen LogP contribution in [0.15, 0.2) is 54.6 Å². The van der Waals surface area contributed by atoms with E-state index in [1.165, 1.54) is 22.4 Å². The van der Waals surface area contributed by atoms with Crippen LogP contribution in [0, 0.1) is 13.8 Å². The van der Waals surface area contributed by atoms with E-state index >= 15 is 0 Å². The van der Waals surface area contributed by atoms with Crippen LogP contribution in [0.5, 0.6) is 0 Å². The van der Waals surface area contributed by atoms with Crippen molar-refractivity contribution < 1.29 is 4.79 Å². The number of rotatable bonds is 5.